The van der Waals surface area contributed by atoms with Gasteiger partial charge < -0.3 is 5.73 Å². The average Bonchev–Trinajstić information content (AvgIpc) is 2.60. The maximum Gasteiger partial charge on any atom is 0.122 e. The van der Waals surface area contributed by atoms with Crippen molar-refractivity contribution in [3.05, 3.63) is 35.0 Å². The van der Waals surface area contributed by atoms with Crippen molar-refractivity contribution in [2.75, 3.05) is 5.73 Å². The van der Waals surface area contributed by atoms with E-state index in [-0.39, 0.29) is 0 Å². The van der Waals surface area contributed by atoms with Gasteiger partial charge in [0.1, 0.15) is 5.03 Å². The number of rotatable bonds is 4. The van der Waals surface area contributed by atoms with E-state index in [1.165, 1.54) is 0 Å². The van der Waals surface area contributed by atoms with Crippen LogP contribution in [0.4, 0.5) is 5.69 Å². The summed E-state index contributed by atoms with van der Waals surface area (Å²) in [5.74, 6) is 0. The molecule has 0 amide bonds. The third-order valence-electron chi connectivity index (χ3n) is 2.64. The largest absolute Gasteiger partial charge is 0.395 e. The van der Waals surface area contributed by atoms with Crippen LogP contribution in [0.15, 0.2) is 34.2 Å². The summed E-state index contributed by atoms with van der Waals surface area (Å²) < 4.78 is 1.83. The van der Waals surface area contributed by atoms with E-state index in [4.69, 9.17) is 17.3 Å². The molecule has 5 heteroatoms. The SMILES string of the molecule is CCCc1nn(C)c(Sc2ccccc2Cl)c1N. The minimum absolute atomic E-state index is 0.736. The standard InChI is InChI=1S/C13H16ClN3S/c1-3-6-10-12(15)13(17(2)16-10)18-11-8-5-4-7-9(11)14/h4-5,7-8H,3,6,15H2,1-2H3. The zero-order valence-electron chi connectivity index (χ0n) is 10.5. The number of nitrogen functional groups attached to an aromatic ring is 1. The van der Waals surface area contributed by atoms with E-state index in [9.17, 15) is 0 Å². The van der Waals surface area contributed by atoms with Crippen molar-refractivity contribution in [2.45, 2.75) is 29.7 Å². The van der Waals surface area contributed by atoms with E-state index in [2.05, 4.69) is 12.0 Å². The molecule has 2 aromatic rings. The Balaban J connectivity index is 2.32. The van der Waals surface area contributed by atoms with Gasteiger partial charge in [0, 0.05) is 11.9 Å². The number of hydrogen-bond donors (Lipinski definition) is 1. The van der Waals surface area contributed by atoms with Crippen LogP contribution in [0.5, 0.6) is 0 Å². The number of nitrogens with zero attached hydrogens (tertiary/aromatic N) is 2. The van der Waals surface area contributed by atoms with Crippen molar-refractivity contribution in [1.29, 1.82) is 0 Å². The van der Waals surface area contributed by atoms with Gasteiger partial charge in [-0.25, -0.2) is 0 Å². The Labute approximate surface area is 116 Å². The van der Waals surface area contributed by atoms with Crippen molar-refractivity contribution in [2.24, 2.45) is 7.05 Å². The second-order valence-corrected chi connectivity index (χ2v) is 5.51. The van der Waals surface area contributed by atoms with Crippen molar-refractivity contribution in [1.82, 2.24) is 9.78 Å². The van der Waals surface area contributed by atoms with Crippen molar-refractivity contribution in [3.63, 3.8) is 0 Å². The van der Waals surface area contributed by atoms with Gasteiger partial charge in [0.15, 0.2) is 0 Å². The smallest absolute Gasteiger partial charge is 0.122 e. The molecule has 96 valence electrons. The number of benzene rings is 1. The molecule has 1 aromatic carbocycles. The van der Waals surface area contributed by atoms with Gasteiger partial charge in [-0.15, -0.1) is 0 Å². The zero-order valence-corrected chi connectivity index (χ0v) is 12.1. The molecule has 0 saturated carbocycles. The molecule has 0 bridgehead atoms. The fourth-order valence-corrected chi connectivity index (χ4v) is 2.92. The Morgan fingerprint density at radius 2 is 2.11 bits per heavy atom. The second-order valence-electron chi connectivity index (χ2n) is 4.07. The first-order valence-electron chi connectivity index (χ1n) is 5.87. The molecule has 2 rings (SSSR count). The van der Waals surface area contributed by atoms with Gasteiger partial charge in [-0.2, -0.15) is 5.10 Å². The molecule has 0 fully saturated rings. The van der Waals surface area contributed by atoms with Crippen LogP contribution in [0.25, 0.3) is 0 Å². The predicted octanol–water partition coefficient (Wildman–Crippen LogP) is 3.76. The molecular weight excluding hydrogens is 266 g/mol. The first-order chi connectivity index (χ1) is 8.63. The molecule has 3 nitrogen and oxygen atoms in total. The van der Waals surface area contributed by atoms with Gasteiger partial charge in [0.25, 0.3) is 0 Å². The summed E-state index contributed by atoms with van der Waals surface area (Å²) in [6.07, 6.45) is 1.94. The Kier molecular flexibility index (Phi) is 4.19. The molecule has 0 spiro atoms. The van der Waals surface area contributed by atoms with Crippen LogP contribution >= 0.6 is 23.4 Å². The maximum absolute atomic E-state index is 6.16. The van der Waals surface area contributed by atoms with Crippen LogP contribution < -0.4 is 5.73 Å². The summed E-state index contributed by atoms with van der Waals surface area (Å²) in [5.41, 5.74) is 7.88. The molecule has 18 heavy (non-hydrogen) atoms. The van der Waals surface area contributed by atoms with Gasteiger partial charge in [0.2, 0.25) is 0 Å². The fourth-order valence-electron chi connectivity index (χ4n) is 1.75. The number of nitrogens with two attached hydrogens (primary N) is 1. The monoisotopic (exact) mass is 281 g/mol. The molecule has 1 heterocycles. The van der Waals surface area contributed by atoms with Crippen LogP contribution in [-0.2, 0) is 13.5 Å². The zero-order chi connectivity index (χ0) is 13.1. The van der Waals surface area contributed by atoms with Gasteiger partial charge in [-0.05, 0) is 18.6 Å². The highest BCUT2D eigenvalue weighted by molar-refractivity contribution is 7.99. The molecule has 1 aromatic heterocycles. The predicted molar refractivity (Wildman–Crippen MR) is 77.2 cm³/mol. The summed E-state index contributed by atoms with van der Waals surface area (Å²) >= 11 is 7.71. The topological polar surface area (TPSA) is 43.8 Å². The lowest BCUT2D eigenvalue weighted by Crippen LogP contribution is -1.93. The Morgan fingerprint density at radius 1 is 1.39 bits per heavy atom. The van der Waals surface area contributed by atoms with Crippen molar-refractivity contribution < 1.29 is 0 Å². The first-order valence-corrected chi connectivity index (χ1v) is 7.06. The van der Waals surface area contributed by atoms with Crippen LogP contribution in [0.1, 0.15) is 19.0 Å². The Bertz CT molecular complexity index is 551. The molecule has 0 aliphatic carbocycles. The molecular formula is C13H16ClN3S. The van der Waals surface area contributed by atoms with Crippen LogP contribution in [-0.4, -0.2) is 9.78 Å². The van der Waals surface area contributed by atoms with E-state index in [1.807, 2.05) is 36.0 Å². The normalized spacial score (nSPS) is 10.8. The number of halogens is 1. The van der Waals surface area contributed by atoms with Crippen molar-refractivity contribution >= 4 is 29.1 Å². The molecule has 0 radical (unpaired) electrons. The summed E-state index contributed by atoms with van der Waals surface area (Å²) in [5, 5.41) is 6.14. The van der Waals surface area contributed by atoms with Crippen LogP contribution in [0.3, 0.4) is 0 Å². The van der Waals surface area contributed by atoms with Gasteiger partial charge in [-0.1, -0.05) is 48.8 Å². The average molecular weight is 282 g/mol. The highest BCUT2D eigenvalue weighted by atomic mass is 35.5. The first kappa shape index (κ1) is 13.3. The van der Waals surface area contributed by atoms with Gasteiger partial charge in [-0.3, -0.25) is 4.68 Å². The van der Waals surface area contributed by atoms with Gasteiger partial charge >= 0.3 is 0 Å². The summed E-state index contributed by atoms with van der Waals surface area (Å²) in [7, 11) is 1.91. The van der Waals surface area contributed by atoms with E-state index in [0.29, 0.717) is 0 Å². The molecule has 0 atom stereocenters. The summed E-state index contributed by atoms with van der Waals surface area (Å²) in [4.78, 5) is 0.997. The molecule has 0 unspecified atom stereocenters. The molecule has 0 aliphatic rings. The minimum atomic E-state index is 0.736. The number of aryl methyl sites for hydroxylation is 2. The van der Waals surface area contributed by atoms with Crippen LogP contribution in [0.2, 0.25) is 5.02 Å². The lowest BCUT2D eigenvalue weighted by atomic mass is 10.2. The highest BCUT2D eigenvalue weighted by Crippen LogP contribution is 2.37. The van der Waals surface area contributed by atoms with Crippen molar-refractivity contribution in [3.8, 4) is 0 Å². The number of anilines is 1. The highest BCUT2D eigenvalue weighted by Gasteiger charge is 2.14. The summed E-state index contributed by atoms with van der Waals surface area (Å²) in [6.45, 7) is 2.12. The van der Waals surface area contributed by atoms with Crippen LogP contribution in [0, 0.1) is 0 Å². The lowest BCUT2D eigenvalue weighted by molar-refractivity contribution is 0.682. The quantitative estimate of drug-likeness (QED) is 0.928. The molecule has 0 saturated heterocycles. The van der Waals surface area contributed by atoms with Gasteiger partial charge in [0.05, 0.1) is 16.4 Å². The Hall–Kier alpha value is -1.13. The third kappa shape index (κ3) is 2.65. The molecule has 0 aliphatic heterocycles. The molecule has 2 N–H and O–H groups in total. The number of hydrogen-bond acceptors (Lipinski definition) is 3. The summed E-state index contributed by atoms with van der Waals surface area (Å²) in [6, 6.07) is 7.75. The van der Waals surface area contributed by atoms with E-state index in [1.54, 1.807) is 11.8 Å². The Morgan fingerprint density at radius 3 is 2.78 bits per heavy atom. The lowest BCUT2D eigenvalue weighted by Gasteiger charge is -2.05. The third-order valence-corrected chi connectivity index (χ3v) is 4.33. The fraction of sp³-hybridized carbons (Fsp3) is 0.308. The number of aromatic nitrogens is 2. The minimum Gasteiger partial charge on any atom is -0.395 e. The van der Waals surface area contributed by atoms with E-state index in [0.717, 1.165) is 39.2 Å². The maximum atomic E-state index is 6.16. The van der Waals surface area contributed by atoms with E-state index < -0.39 is 0 Å². The second kappa shape index (κ2) is 5.67. The van der Waals surface area contributed by atoms with E-state index >= 15 is 0 Å².